The highest BCUT2D eigenvalue weighted by Crippen LogP contribution is 2.34. The maximum absolute atomic E-state index is 13.5. The standard InChI is InChI=1S/C83H157NO18/c1-3-5-7-9-11-13-15-17-19-21-23-25-26-27-28-29-30-31-32-33-34-35-36-37-38-39-40-41-43-45-47-49-51-53-55-57-59-61-71(89)84-66(67(88)60-58-56-54-52-50-48-46-44-42-24-22-20-18-16-14-12-10-8-6-4-2)65-97-81-77(95)74(92)79(69(63-86)99-81)102-83-78(96)75(93)80(70(64-87)100-83)101-82-76(94)73(91)72(90)68(62-85)98-82/h15,17,21,23,66-70,72-83,85-88,90-96H,3-14,16,18-20,22,24-65H2,1-2H3,(H,84,89)/b17-15-,23-21-. The fourth-order valence-corrected chi connectivity index (χ4v) is 14.7. The molecule has 0 bridgehead atoms. The van der Waals surface area contributed by atoms with E-state index >= 15 is 0 Å². The molecule has 0 saturated carbocycles. The van der Waals surface area contributed by atoms with E-state index in [4.69, 9.17) is 28.4 Å². The number of carbonyl (C=O) groups is 1. The van der Waals surface area contributed by atoms with Crippen LogP contribution in [0.1, 0.15) is 367 Å². The van der Waals surface area contributed by atoms with E-state index in [-0.39, 0.29) is 18.9 Å². The van der Waals surface area contributed by atoms with Gasteiger partial charge in [0.25, 0.3) is 0 Å². The molecule has 17 unspecified atom stereocenters. The van der Waals surface area contributed by atoms with E-state index in [9.17, 15) is 61.0 Å². The molecule has 3 aliphatic heterocycles. The summed E-state index contributed by atoms with van der Waals surface area (Å²) in [7, 11) is 0. The molecule has 1 amide bonds. The van der Waals surface area contributed by atoms with Crippen molar-refractivity contribution in [2.75, 3.05) is 26.4 Å². The lowest BCUT2D eigenvalue weighted by Crippen LogP contribution is -2.66. The van der Waals surface area contributed by atoms with Crippen molar-refractivity contribution in [3.8, 4) is 0 Å². The van der Waals surface area contributed by atoms with Crippen LogP contribution in [0.15, 0.2) is 24.3 Å². The molecule has 12 N–H and O–H groups in total. The molecule has 17 atom stereocenters. The molecule has 3 rings (SSSR count). The predicted molar refractivity (Wildman–Crippen MR) is 406 cm³/mol. The van der Waals surface area contributed by atoms with Gasteiger partial charge < -0.3 is 89.9 Å². The number of ether oxygens (including phenoxy) is 6. The molecule has 0 aromatic rings. The Balaban J connectivity index is 1.31. The number of aliphatic hydroxyl groups is 11. The van der Waals surface area contributed by atoms with Gasteiger partial charge in [0.1, 0.15) is 73.2 Å². The van der Waals surface area contributed by atoms with Gasteiger partial charge in [-0.15, -0.1) is 0 Å². The Morgan fingerprint density at radius 2 is 0.647 bits per heavy atom. The van der Waals surface area contributed by atoms with Gasteiger partial charge in [0, 0.05) is 6.42 Å². The van der Waals surface area contributed by atoms with Crippen LogP contribution in [-0.2, 0) is 33.2 Å². The zero-order chi connectivity index (χ0) is 73.9. The second-order valence-electron chi connectivity index (χ2n) is 30.7. The third kappa shape index (κ3) is 43.5. The van der Waals surface area contributed by atoms with Crippen LogP contribution in [0.3, 0.4) is 0 Å². The topological polar surface area (TPSA) is 307 Å². The minimum Gasteiger partial charge on any atom is -0.394 e. The van der Waals surface area contributed by atoms with Crippen LogP contribution in [0.5, 0.6) is 0 Å². The second kappa shape index (κ2) is 64.1. The number of aliphatic hydroxyl groups excluding tert-OH is 11. The van der Waals surface area contributed by atoms with Gasteiger partial charge in [0.15, 0.2) is 18.9 Å². The second-order valence-corrected chi connectivity index (χ2v) is 30.7. The summed E-state index contributed by atoms with van der Waals surface area (Å²) in [6.07, 6.45) is 51.4. The molecule has 602 valence electrons. The molecular formula is C83H157NO18. The number of hydrogen-bond acceptors (Lipinski definition) is 18. The van der Waals surface area contributed by atoms with Gasteiger partial charge in [0.2, 0.25) is 5.91 Å². The van der Waals surface area contributed by atoms with Crippen molar-refractivity contribution in [1.82, 2.24) is 5.32 Å². The van der Waals surface area contributed by atoms with Crippen molar-refractivity contribution in [2.45, 2.75) is 471 Å². The smallest absolute Gasteiger partial charge is 0.220 e. The Kier molecular flexibility index (Phi) is 59.4. The quantitative estimate of drug-likeness (QED) is 0.0199. The average Bonchev–Trinajstić information content (AvgIpc) is 0.778. The number of carbonyl (C=O) groups excluding carboxylic acids is 1. The van der Waals surface area contributed by atoms with E-state index in [2.05, 4.69) is 43.5 Å². The Bertz CT molecular complexity index is 1940. The third-order valence-corrected chi connectivity index (χ3v) is 21.5. The monoisotopic (exact) mass is 1460 g/mol. The molecule has 0 aliphatic carbocycles. The zero-order valence-corrected chi connectivity index (χ0v) is 64.6. The Morgan fingerprint density at radius 1 is 0.353 bits per heavy atom. The summed E-state index contributed by atoms with van der Waals surface area (Å²) in [4.78, 5) is 13.5. The molecule has 3 fully saturated rings. The first-order chi connectivity index (χ1) is 49.8. The molecule has 0 aromatic carbocycles. The van der Waals surface area contributed by atoms with Crippen molar-refractivity contribution in [2.24, 2.45) is 0 Å². The lowest BCUT2D eigenvalue weighted by molar-refractivity contribution is -0.379. The summed E-state index contributed by atoms with van der Waals surface area (Å²) in [6, 6.07) is -0.885. The number of allylic oxidation sites excluding steroid dienone is 4. The summed E-state index contributed by atoms with van der Waals surface area (Å²) in [5, 5.41) is 121. The minimum absolute atomic E-state index is 0.234. The van der Waals surface area contributed by atoms with Crippen molar-refractivity contribution in [1.29, 1.82) is 0 Å². The highest BCUT2D eigenvalue weighted by molar-refractivity contribution is 5.76. The first-order valence-electron chi connectivity index (χ1n) is 42.6. The Labute approximate surface area is 619 Å². The lowest BCUT2D eigenvalue weighted by Gasteiger charge is -2.48. The highest BCUT2D eigenvalue weighted by atomic mass is 16.8. The maximum Gasteiger partial charge on any atom is 0.220 e. The van der Waals surface area contributed by atoms with Crippen LogP contribution >= 0.6 is 0 Å². The number of nitrogens with one attached hydrogen (secondary N) is 1. The molecule has 19 nitrogen and oxygen atoms in total. The molecule has 102 heavy (non-hydrogen) atoms. The van der Waals surface area contributed by atoms with Crippen LogP contribution in [-0.4, -0.2) is 193 Å². The maximum atomic E-state index is 13.5. The summed E-state index contributed by atoms with van der Waals surface area (Å²) >= 11 is 0. The van der Waals surface area contributed by atoms with Crippen LogP contribution < -0.4 is 5.32 Å². The van der Waals surface area contributed by atoms with Gasteiger partial charge in [-0.2, -0.15) is 0 Å². The summed E-state index contributed by atoms with van der Waals surface area (Å²) in [5.74, 6) is -0.234. The minimum atomic E-state index is -1.97. The van der Waals surface area contributed by atoms with E-state index in [1.54, 1.807) is 0 Å². The number of hydrogen-bond donors (Lipinski definition) is 12. The predicted octanol–water partition coefficient (Wildman–Crippen LogP) is 14.9. The molecule has 0 spiro atoms. The van der Waals surface area contributed by atoms with Crippen LogP contribution in [0.25, 0.3) is 0 Å². The van der Waals surface area contributed by atoms with E-state index in [0.717, 1.165) is 51.4 Å². The van der Waals surface area contributed by atoms with Crippen molar-refractivity contribution in [3.63, 3.8) is 0 Å². The van der Waals surface area contributed by atoms with Crippen LogP contribution in [0.4, 0.5) is 0 Å². The highest BCUT2D eigenvalue weighted by Gasteiger charge is 2.54. The number of rotatable bonds is 69. The van der Waals surface area contributed by atoms with Gasteiger partial charge in [-0.05, 0) is 44.9 Å². The average molecular weight is 1460 g/mol. The van der Waals surface area contributed by atoms with Crippen molar-refractivity contribution < 1.29 is 89.4 Å². The van der Waals surface area contributed by atoms with E-state index in [0.29, 0.717) is 12.8 Å². The van der Waals surface area contributed by atoms with E-state index in [1.165, 1.54) is 283 Å². The third-order valence-electron chi connectivity index (χ3n) is 21.5. The Hall–Kier alpha value is -1.73. The fraction of sp³-hybridized carbons (Fsp3) is 0.940. The van der Waals surface area contributed by atoms with Gasteiger partial charge in [-0.1, -0.05) is 340 Å². The SMILES string of the molecule is CCCCCCC/C=C\C/C=C\CCCCCCCCCCCCCCCCCCCCCCCCCCCC(=O)NC(COC1OC(CO)C(OC2OC(CO)C(OC3OC(CO)C(O)C(O)C3O)C(O)C2O)C(O)C1O)C(O)CCCCCCCCCCCCCCCCCCCCCC. The van der Waals surface area contributed by atoms with Gasteiger partial charge >= 0.3 is 0 Å². The number of unbranched alkanes of at least 4 members (excludes halogenated alkanes) is 49. The van der Waals surface area contributed by atoms with Gasteiger partial charge in [-0.3, -0.25) is 4.79 Å². The van der Waals surface area contributed by atoms with Crippen molar-refractivity contribution >= 4 is 5.91 Å². The molecule has 3 heterocycles. The molecular weight excluding hydrogens is 1300 g/mol. The lowest BCUT2D eigenvalue weighted by atomic mass is 9.96. The van der Waals surface area contributed by atoms with Crippen LogP contribution in [0, 0.1) is 0 Å². The zero-order valence-electron chi connectivity index (χ0n) is 64.6. The molecule has 3 aliphatic rings. The Morgan fingerprint density at radius 3 is 1.00 bits per heavy atom. The molecule has 19 heteroatoms. The largest absolute Gasteiger partial charge is 0.394 e. The molecule has 0 radical (unpaired) electrons. The van der Waals surface area contributed by atoms with Crippen molar-refractivity contribution in [3.05, 3.63) is 24.3 Å². The van der Waals surface area contributed by atoms with Gasteiger partial charge in [-0.25, -0.2) is 0 Å². The summed E-state index contributed by atoms with van der Waals surface area (Å²) in [6.45, 7) is 1.85. The normalized spacial score (nSPS) is 26.2. The number of amides is 1. The fourth-order valence-electron chi connectivity index (χ4n) is 14.7. The van der Waals surface area contributed by atoms with E-state index < -0.39 is 124 Å². The summed E-state index contributed by atoms with van der Waals surface area (Å²) < 4.78 is 34.5. The first-order valence-corrected chi connectivity index (χ1v) is 42.6. The first kappa shape index (κ1) is 94.5. The summed E-state index contributed by atoms with van der Waals surface area (Å²) in [5.41, 5.74) is 0. The molecule has 3 saturated heterocycles. The van der Waals surface area contributed by atoms with E-state index in [1.807, 2.05) is 0 Å². The molecule has 0 aromatic heterocycles. The van der Waals surface area contributed by atoms with Gasteiger partial charge in [0.05, 0.1) is 38.6 Å². The van der Waals surface area contributed by atoms with Crippen LogP contribution in [0.2, 0.25) is 0 Å².